The van der Waals surface area contributed by atoms with E-state index in [1.807, 2.05) is 61.5 Å². The summed E-state index contributed by atoms with van der Waals surface area (Å²) in [6.07, 6.45) is 0.988. The molecule has 1 aliphatic carbocycles. The maximum atomic E-state index is 14.0. The van der Waals surface area contributed by atoms with Gasteiger partial charge in [0.15, 0.2) is 28.8 Å². The van der Waals surface area contributed by atoms with Gasteiger partial charge in [0.05, 0.1) is 52.5 Å². The maximum Gasteiger partial charge on any atom is 0.203 e. The van der Waals surface area contributed by atoms with Crippen LogP contribution in [0.5, 0.6) is 28.7 Å². The molecule has 1 aliphatic heterocycles. The topological polar surface area (TPSA) is 87.3 Å². The lowest BCUT2D eigenvalue weighted by Crippen LogP contribution is -2.27. The van der Waals surface area contributed by atoms with Crippen LogP contribution < -0.4 is 34.3 Å². The smallest absolute Gasteiger partial charge is 0.203 e. The average molecular weight is 531 g/mol. The fourth-order valence-electron chi connectivity index (χ4n) is 5.45. The molecule has 0 saturated heterocycles. The zero-order valence-corrected chi connectivity index (χ0v) is 22.9. The van der Waals surface area contributed by atoms with Gasteiger partial charge in [-0.2, -0.15) is 0 Å². The van der Waals surface area contributed by atoms with Crippen LogP contribution in [-0.4, -0.2) is 40.8 Å². The Kier molecular flexibility index (Phi) is 7.54. The number of ether oxygens (including phenoxy) is 5. The van der Waals surface area contributed by atoms with Gasteiger partial charge in [0.25, 0.3) is 0 Å². The van der Waals surface area contributed by atoms with Crippen LogP contribution in [0.15, 0.2) is 65.9 Å². The molecule has 5 rings (SSSR count). The van der Waals surface area contributed by atoms with Crippen molar-refractivity contribution < 1.29 is 28.5 Å². The SMILES string of the molecule is CCOc1ccc(C2Nc3ccccc3NC3=C2C(=O)CC(c2cc(OC)c(OC)c(OC)c2)C3)cc1OC. The fourth-order valence-corrected chi connectivity index (χ4v) is 5.45. The van der Waals surface area contributed by atoms with Crippen LogP contribution in [0.25, 0.3) is 0 Å². The highest BCUT2D eigenvalue weighted by Gasteiger charge is 2.37. The lowest BCUT2D eigenvalue weighted by Gasteiger charge is -2.30. The molecule has 1 heterocycles. The number of rotatable bonds is 8. The molecule has 0 bridgehead atoms. The van der Waals surface area contributed by atoms with E-state index < -0.39 is 0 Å². The third-order valence-electron chi connectivity index (χ3n) is 7.29. The first-order chi connectivity index (χ1) is 19.0. The van der Waals surface area contributed by atoms with Crippen LogP contribution >= 0.6 is 0 Å². The lowest BCUT2D eigenvalue weighted by atomic mass is 9.78. The number of fused-ring (bicyclic) bond motifs is 1. The summed E-state index contributed by atoms with van der Waals surface area (Å²) in [5, 5.41) is 7.20. The van der Waals surface area contributed by atoms with E-state index in [0.717, 1.165) is 33.8 Å². The number of hydrogen-bond acceptors (Lipinski definition) is 8. The Morgan fingerprint density at radius 2 is 1.44 bits per heavy atom. The third-order valence-corrected chi connectivity index (χ3v) is 7.29. The Morgan fingerprint density at radius 1 is 0.769 bits per heavy atom. The number of carbonyl (C=O) groups is 1. The number of benzene rings is 3. The van der Waals surface area contributed by atoms with Crippen molar-refractivity contribution in [1.29, 1.82) is 0 Å². The highest BCUT2D eigenvalue weighted by Crippen LogP contribution is 2.47. The number of carbonyl (C=O) groups excluding carboxylic acids is 1. The Morgan fingerprint density at radius 3 is 2.08 bits per heavy atom. The Hall–Kier alpha value is -4.33. The standard InChI is InChI=1S/C31H34N2O6/c1-6-39-25-12-11-18(15-26(25)35-2)30-29-23(32-21-9-7-8-10-22(21)33-30)13-19(14-24(29)34)20-16-27(36-3)31(38-5)28(17-20)37-4/h7-12,15-17,19,30,32-33H,6,13-14H2,1-5H3. The molecule has 204 valence electrons. The predicted octanol–water partition coefficient (Wildman–Crippen LogP) is 6.10. The maximum absolute atomic E-state index is 14.0. The molecule has 0 saturated carbocycles. The molecule has 3 aromatic rings. The van der Waals surface area contributed by atoms with Gasteiger partial charge in [-0.05, 0) is 66.8 Å². The largest absolute Gasteiger partial charge is 0.493 e. The van der Waals surface area contributed by atoms with E-state index in [2.05, 4.69) is 10.6 Å². The normalized spacial score (nSPS) is 18.1. The molecule has 2 N–H and O–H groups in total. The summed E-state index contributed by atoms with van der Waals surface area (Å²) in [5.74, 6) is 2.96. The molecule has 8 nitrogen and oxygen atoms in total. The minimum absolute atomic E-state index is 0.0701. The molecular weight excluding hydrogens is 496 g/mol. The van der Waals surface area contributed by atoms with Crippen molar-refractivity contribution in [2.45, 2.75) is 31.7 Å². The van der Waals surface area contributed by atoms with Crippen LogP contribution in [0.2, 0.25) is 0 Å². The van der Waals surface area contributed by atoms with E-state index in [4.69, 9.17) is 23.7 Å². The van der Waals surface area contributed by atoms with Gasteiger partial charge in [-0.1, -0.05) is 18.2 Å². The van der Waals surface area contributed by atoms with Crippen LogP contribution in [0.1, 0.15) is 42.9 Å². The second kappa shape index (κ2) is 11.2. The van der Waals surface area contributed by atoms with Crippen molar-refractivity contribution in [3.8, 4) is 28.7 Å². The Bertz CT molecular complexity index is 1390. The van der Waals surface area contributed by atoms with Crippen molar-refractivity contribution in [2.24, 2.45) is 0 Å². The molecule has 2 aliphatic rings. The van der Waals surface area contributed by atoms with Crippen molar-refractivity contribution in [1.82, 2.24) is 0 Å². The van der Waals surface area contributed by atoms with Crippen molar-refractivity contribution in [3.63, 3.8) is 0 Å². The zero-order valence-electron chi connectivity index (χ0n) is 22.9. The van der Waals surface area contributed by atoms with Gasteiger partial charge < -0.3 is 34.3 Å². The van der Waals surface area contributed by atoms with E-state index >= 15 is 0 Å². The molecule has 39 heavy (non-hydrogen) atoms. The third kappa shape index (κ3) is 4.94. The Labute approximate surface area is 228 Å². The number of methoxy groups -OCH3 is 4. The second-order valence-electron chi connectivity index (χ2n) is 9.47. The molecule has 0 aromatic heterocycles. The second-order valence-corrected chi connectivity index (χ2v) is 9.47. The summed E-state index contributed by atoms with van der Waals surface area (Å²) < 4.78 is 28.0. The highest BCUT2D eigenvalue weighted by molar-refractivity contribution is 6.01. The molecule has 8 heteroatoms. The Balaban J connectivity index is 1.59. The van der Waals surface area contributed by atoms with Crippen molar-refractivity contribution in [2.75, 3.05) is 45.7 Å². The van der Waals surface area contributed by atoms with E-state index in [1.54, 1.807) is 28.4 Å². The number of allylic oxidation sites excluding steroid dienone is 1. The molecule has 0 radical (unpaired) electrons. The van der Waals surface area contributed by atoms with Crippen molar-refractivity contribution in [3.05, 3.63) is 77.0 Å². The van der Waals surface area contributed by atoms with Gasteiger partial charge >= 0.3 is 0 Å². The highest BCUT2D eigenvalue weighted by atomic mass is 16.5. The van der Waals surface area contributed by atoms with E-state index in [1.165, 1.54) is 0 Å². The summed E-state index contributed by atoms with van der Waals surface area (Å²) in [6, 6.07) is 17.3. The molecule has 0 spiro atoms. The van der Waals surface area contributed by atoms with Gasteiger partial charge in [-0.3, -0.25) is 4.79 Å². The average Bonchev–Trinajstić information content (AvgIpc) is 3.13. The van der Waals surface area contributed by atoms with Gasteiger partial charge in [-0.15, -0.1) is 0 Å². The molecular formula is C31H34N2O6. The van der Waals surface area contributed by atoms with Gasteiger partial charge in [0.1, 0.15) is 0 Å². The molecule has 2 atom stereocenters. The first-order valence-corrected chi connectivity index (χ1v) is 13.0. The monoisotopic (exact) mass is 530 g/mol. The molecule has 0 amide bonds. The summed E-state index contributed by atoms with van der Waals surface area (Å²) >= 11 is 0. The van der Waals surface area contributed by atoms with E-state index in [-0.39, 0.29) is 17.7 Å². The van der Waals surface area contributed by atoms with Crippen molar-refractivity contribution >= 4 is 17.2 Å². The molecule has 0 fully saturated rings. The minimum Gasteiger partial charge on any atom is -0.493 e. The number of ketones is 1. The predicted molar refractivity (Wildman–Crippen MR) is 151 cm³/mol. The van der Waals surface area contributed by atoms with E-state index in [0.29, 0.717) is 48.2 Å². The number of Topliss-reactive ketones (excluding diaryl/α,β-unsaturated/α-hetero) is 1. The summed E-state index contributed by atoms with van der Waals surface area (Å²) in [4.78, 5) is 14.0. The number of hydrogen-bond donors (Lipinski definition) is 2. The summed E-state index contributed by atoms with van der Waals surface area (Å²) in [5.41, 5.74) is 5.32. The van der Waals surface area contributed by atoms with Crippen LogP contribution in [0.4, 0.5) is 11.4 Å². The van der Waals surface area contributed by atoms with Crippen LogP contribution in [0.3, 0.4) is 0 Å². The first kappa shape index (κ1) is 26.3. The minimum atomic E-state index is -0.367. The number of para-hydroxylation sites is 2. The van der Waals surface area contributed by atoms with Gasteiger partial charge in [-0.25, -0.2) is 0 Å². The van der Waals surface area contributed by atoms with Gasteiger partial charge in [0, 0.05) is 17.7 Å². The quantitative estimate of drug-likeness (QED) is 0.361. The number of nitrogens with one attached hydrogen (secondary N) is 2. The summed E-state index contributed by atoms with van der Waals surface area (Å²) in [6.45, 7) is 2.47. The molecule has 2 unspecified atom stereocenters. The lowest BCUT2D eigenvalue weighted by molar-refractivity contribution is -0.116. The van der Waals surface area contributed by atoms with Crippen LogP contribution in [-0.2, 0) is 4.79 Å². The van der Waals surface area contributed by atoms with Crippen LogP contribution in [0, 0.1) is 0 Å². The number of anilines is 2. The summed E-state index contributed by atoms with van der Waals surface area (Å²) in [7, 11) is 6.40. The first-order valence-electron chi connectivity index (χ1n) is 13.0. The van der Waals surface area contributed by atoms with E-state index in [9.17, 15) is 4.79 Å². The zero-order chi connectivity index (χ0) is 27.5. The fraction of sp³-hybridized carbons (Fsp3) is 0.323. The van der Waals surface area contributed by atoms with Gasteiger partial charge in [0.2, 0.25) is 5.75 Å². The molecule has 3 aromatic carbocycles.